The van der Waals surface area contributed by atoms with E-state index in [1.165, 1.54) is 38.5 Å². The van der Waals surface area contributed by atoms with Gasteiger partial charge in [0.15, 0.2) is 0 Å². The first-order chi connectivity index (χ1) is 14.1. The van der Waals surface area contributed by atoms with Crippen molar-refractivity contribution < 1.29 is 19.1 Å². The van der Waals surface area contributed by atoms with E-state index in [0.29, 0.717) is 12.8 Å². The van der Waals surface area contributed by atoms with Crippen molar-refractivity contribution in [3.8, 4) is 0 Å². The normalized spacial score (nSPS) is 12.1. The molecule has 0 bridgehead atoms. The van der Waals surface area contributed by atoms with Gasteiger partial charge in [0.25, 0.3) is 0 Å². The van der Waals surface area contributed by atoms with Crippen LogP contribution in [0.25, 0.3) is 0 Å². The fourth-order valence-corrected chi connectivity index (χ4v) is 3.13. The van der Waals surface area contributed by atoms with Crippen LogP contribution in [0.3, 0.4) is 0 Å². The van der Waals surface area contributed by atoms with Crippen molar-refractivity contribution in [2.45, 2.75) is 117 Å². The van der Waals surface area contributed by atoms with Crippen molar-refractivity contribution >= 4 is 11.9 Å². The van der Waals surface area contributed by atoms with E-state index < -0.39 is 11.2 Å². The van der Waals surface area contributed by atoms with Crippen LogP contribution in [0, 0.1) is 0 Å². The Hall–Kier alpha value is -1.14. The Bertz CT molecular complexity index is 422. The highest BCUT2D eigenvalue weighted by Crippen LogP contribution is 2.25. The van der Waals surface area contributed by atoms with Crippen LogP contribution in [-0.2, 0) is 19.1 Å². The Morgan fingerprint density at radius 3 is 1.33 bits per heavy atom. The summed E-state index contributed by atoms with van der Waals surface area (Å²) in [6.07, 6.45) is 10.7. The largest absolute Gasteiger partial charge is 0.459 e. The molecule has 0 saturated carbocycles. The fraction of sp³-hybridized carbons (Fsp3) is 0.917. The van der Waals surface area contributed by atoms with Crippen molar-refractivity contribution in [2.75, 3.05) is 26.2 Å². The number of unbranched alkanes of at least 4 members (excludes halogenated alkanes) is 6. The molecule has 0 spiro atoms. The highest BCUT2D eigenvalue weighted by Gasteiger charge is 2.29. The van der Waals surface area contributed by atoms with E-state index in [-0.39, 0.29) is 25.0 Å². The van der Waals surface area contributed by atoms with E-state index >= 15 is 0 Å². The van der Waals surface area contributed by atoms with Crippen molar-refractivity contribution in [1.82, 2.24) is 10.6 Å². The highest BCUT2D eigenvalue weighted by molar-refractivity contribution is 5.72. The average molecular weight is 429 g/mol. The molecule has 178 valence electrons. The average Bonchev–Trinajstić information content (AvgIpc) is 2.65. The topological polar surface area (TPSA) is 76.7 Å². The van der Waals surface area contributed by atoms with E-state index in [1.807, 2.05) is 27.7 Å². The maximum atomic E-state index is 12.1. The molecular formula is C24H48N2O4. The molecule has 0 aromatic carbocycles. The van der Waals surface area contributed by atoms with Crippen LogP contribution in [0.4, 0.5) is 0 Å². The fourth-order valence-electron chi connectivity index (χ4n) is 3.13. The number of nitrogens with one attached hydrogen (secondary N) is 2. The Morgan fingerprint density at radius 1 is 0.633 bits per heavy atom. The summed E-state index contributed by atoms with van der Waals surface area (Å²) < 4.78 is 11.2. The highest BCUT2D eigenvalue weighted by atomic mass is 16.6. The molecule has 6 heteroatoms. The molecular weight excluding hydrogens is 380 g/mol. The van der Waals surface area contributed by atoms with E-state index in [0.717, 1.165) is 25.9 Å². The number of esters is 2. The molecule has 2 N–H and O–H groups in total. The SMILES string of the molecule is CCCCCCNCC(=O)OC(C)(C)CCC(C)(C)OC(=O)CNCCCCCC. The van der Waals surface area contributed by atoms with Gasteiger partial charge in [-0.2, -0.15) is 0 Å². The third-order valence-electron chi connectivity index (χ3n) is 5.06. The summed E-state index contributed by atoms with van der Waals surface area (Å²) in [5.41, 5.74) is -1.19. The zero-order chi connectivity index (χ0) is 22.9. The number of carbonyl (C=O) groups is 2. The van der Waals surface area contributed by atoms with E-state index in [2.05, 4.69) is 24.5 Å². The molecule has 30 heavy (non-hydrogen) atoms. The smallest absolute Gasteiger partial charge is 0.320 e. The Morgan fingerprint density at radius 2 is 1.00 bits per heavy atom. The molecule has 0 aliphatic rings. The minimum Gasteiger partial charge on any atom is -0.459 e. The molecule has 0 unspecified atom stereocenters. The van der Waals surface area contributed by atoms with E-state index in [9.17, 15) is 9.59 Å². The van der Waals surface area contributed by atoms with Gasteiger partial charge in [-0.25, -0.2) is 0 Å². The van der Waals surface area contributed by atoms with Gasteiger partial charge in [0.05, 0.1) is 13.1 Å². The quantitative estimate of drug-likeness (QED) is 0.228. The van der Waals surface area contributed by atoms with Crippen LogP contribution < -0.4 is 10.6 Å². The van der Waals surface area contributed by atoms with Crippen LogP contribution in [0.5, 0.6) is 0 Å². The van der Waals surface area contributed by atoms with E-state index in [4.69, 9.17) is 9.47 Å². The van der Waals surface area contributed by atoms with Gasteiger partial charge in [0.1, 0.15) is 11.2 Å². The Balaban J connectivity index is 4.05. The number of rotatable bonds is 19. The monoisotopic (exact) mass is 428 g/mol. The third kappa shape index (κ3) is 17.7. The summed E-state index contributed by atoms with van der Waals surface area (Å²) in [4.78, 5) is 24.2. The zero-order valence-electron chi connectivity index (χ0n) is 20.5. The molecule has 0 heterocycles. The number of hydrogen-bond donors (Lipinski definition) is 2. The van der Waals surface area contributed by atoms with Gasteiger partial charge in [-0.1, -0.05) is 52.4 Å². The molecule has 0 atom stereocenters. The standard InChI is InChI=1S/C24H48N2O4/c1-7-9-11-13-17-25-19-21(27)29-23(3,4)15-16-24(5,6)30-22(28)20-26-18-14-12-10-8-2/h25-26H,7-20H2,1-6H3. The van der Waals surface area contributed by atoms with Crippen LogP contribution in [0.1, 0.15) is 106 Å². The van der Waals surface area contributed by atoms with Crippen LogP contribution in [0.2, 0.25) is 0 Å². The molecule has 0 radical (unpaired) electrons. The molecule has 0 fully saturated rings. The minimum absolute atomic E-state index is 0.234. The summed E-state index contributed by atoms with van der Waals surface area (Å²) in [6.45, 7) is 14.1. The molecule has 0 aromatic rings. The zero-order valence-corrected chi connectivity index (χ0v) is 20.5. The first-order valence-electron chi connectivity index (χ1n) is 12.0. The number of carbonyl (C=O) groups excluding carboxylic acids is 2. The van der Waals surface area contributed by atoms with Gasteiger partial charge >= 0.3 is 11.9 Å². The first kappa shape index (κ1) is 28.9. The van der Waals surface area contributed by atoms with Gasteiger partial charge in [0.2, 0.25) is 0 Å². The van der Waals surface area contributed by atoms with Gasteiger partial charge in [-0.15, -0.1) is 0 Å². The predicted octanol–water partition coefficient (Wildman–Crippen LogP) is 4.75. The van der Waals surface area contributed by atoms with Crippen LogP contribution >= 0.6 is 0 Å². The van der Waals surface area contributed by atoms with Crippen molar-refractivity contribution in [3.05, 3.63) is 0 Å². The second-order valence-corrected chi connectivity index (χ2v) is 9.44. The lowest BCUT2D eigenvalue weighted by Gasteiger charge is -2.31. The number of hydrogen-bond acceptors (Lipinski definition) is 6. The van der Waals surface area contributed by atoms with Gasteiger partial charge in [-0.05, 0) is 66.5 Å². The van der Waals surface area contributed by atoms with Crippen molar-refractivity contribution in [2.24, 2.45) is 0 Å². The van der Waals surface area contributed by atoms with Gasteiger partial charge in [-0.3, -0.25) is 9.59 Å². The number of ether oxygens (including phenoxy) is 2. The molecule has 0 saturated heterocycles. The molecule has 6 nitrogen and oxygen atoms in total. The summed E-state index contributed by atoms with van der Waals surface area (Å²) in [7, 11) is 0. The maximum Gasteiger partial charge on any atom is 0.320 e. The lowest BCUT2D eigenvalue weighted by Crippen LogP contribution is -2.38. The first-order valence-corrected chi connectivity index (χ1v) is 12.0. The summed E-state index contributed by atoms with van der Waals surface area (Å²) in [5.74, 6) is -0.477. The second-order valence-electron chi connectivity index (χ2n) is 9.44. The molecule has 0 aliphatic carbocycles. The lowest BCUT2D eigenvalue weighted by atomic mass is 9.93. The molecule has 0 aliphatic heterocycles. The van der Waals surface area contributed by atoms with Crippen LogP contribution in [0.15, 0.2) is 0 Å². The minimum atomic E-state index is -0.595. The molecule has 0 amide bonds. The van der Waals surface area contributed by atoms with Crippen LogP contribution in [-0.4, -0.2) is 49.3 Å². The second kappa shape index (κ2) is 16.5. The summed E-state index contributed by atoms with van der Waals surface area (Å²) in [6, 6.07) is 0. The third-order valence-corrected chi connectivity index (χ3v) is 5.06. The molecule has 0 rings (SSSR count). The summed E-state index contributed by atoms with van der Waals surface area (Å²) >= 11 is 0. The van der Waals surface area contributed by atoms with Gasteiger partial charge < -0.3 is 20.1 Å². The van der Waals surface area contributed by atoms with Gasteiger partial charge in [0, 0.05) is 0 Å². The van der Waals surface area contributed by atoms with Crippen molar-refractivity contribution in [3.63, 3.8) is 0 Å². The maximum absolute atomic E-state index is 12.1. The lowest BCUT2D eigenvalue weighted by molar-refractivity contribution is -0.162. The Labute approximate surface area is 185 Å². The van der Waals surface area contributed by atoms with Crippen molar-refractivity contribution in [1.29, 1.82) is 0 Å². The summed E-state index contributed by atoms with van der Waals surface area (Å²) in [5, 5.41) is 6.30. The Kier molecular flexibility index (Phi) is 15.9. The van der Waals surface area contributed by atoms with E-state index in [1.54, 1.807) is 0 Å². The molecule has 0 aromatic heterocycles. The predicted molar refractivity (Wildman–Crippen MR) is 124 cm³/mol.